The molecule has 2 fully saturated rings. The average molecular weight is 380 g/mol. The molecule has 0 bridgehead atoms. The number of fused-ring (bicyclic) bond motifs is 2. The smallest absolute Gasteiger partial charge is 0.248 e. The Hall–Kier alpha value is -1.47. The van der Waals surface area contributed by atoms with Crippen LogP contribution < -0.4 is 10.2 Å². The minimum Gasteiger partial charge on any atom is -0.317 e. The minimum absolute atomic E-state index is 0.263. The Labute approximate surface area is 153 Å². The first-order valence-electron chi connectivity index (χ1n) is 9.32. The zero-order valence-electron chi connectivity index (χ0n) is 15.1. The first-order chi connectivity index (χ1) is 12.3. The fourth-order valence-electron chi connectivity index (χ4n) is 5.19. The van der Waals surface area contributed by atoms with Crippen LogP contribution in [0.25, 0.3) is 0 Å². The van der Waals surface area contributed by atoms with Gasteiger partial charge in [-0.15, -0.1) is 0 Å². The predicted molar refractivity (Wildman–Crippen MR) is 98.6 cm³/mol. The average Bonchev–Trinajstić information content (AvgIpc) is 3.20. The number of carbonyl (C=O) groups is 1. The van der Waals surface area contributed by atoms with Crippen LogP contribution in [0.15, 0.2) is 18.2 Å². The number of hydrogen-bond donors (Lipinski definition) is 1. The number of amides is 1. The van der Waals surface area contributed by atoms with E-state index < -0.39 is 14.6 Å². The monoisotopic (exact) mass is 380 g/mol. The van der Waals surface area contributed by atoms with Crippen molar-refractivity contribution < 1.29 is 17.6 Å². The Kier molecular flexibility index (Phi) is 4.15. The van der Waals surface area contributed by atoms with E-state index in [0.717, 1.165) is 31.9 Å². The van der Waals surface area contributed by atoms with E-state index in [4.69, 9.17) is 0 Å². The summed E-state index contributed by atoms with van der Waals surface area (Å²) in [5, 5.41) is 3.14. The number of rotatable bonds is 2. The van der Waals surface area contributed by atoms with E-state index >= 15 is 0 Å². The Balaban J connectivity index is 1.81. The molecule has 4 rings (SSSR count). The molecule has 2 aliphatic heterocycles. The second kappa shape index (κ2) is 6.02. The van der Waals surface area contributed by atoms with Gasteiger partial charge in [-0.2, -0.15) is 0 Å². The molecule has 26 heavy (non-hydrogen) atoms. The summed E-state index contributed by atoms with van der Waals surface area (Å²) < 4.78 is 38.6. The topological polar surface area (TPSA) is 66.5 Å². The number of nitrogens with zero attached hydrogens (tertiary/aromatic N) is 1. The summed E-state index contributed by atoms with van der Waals surface area (Å²) in [4.78, 5) is 15.2. The normalized spacial score (nSPS) is 24.0. The molecule has 0 radical (unpaired) electrons. The van der Waals surface area contributed by atoms with E-state index in [-0.39, 0.29) is 30.0 Å². The third-order valence-electron chi connectivity index (χ3n) is 6.59. The molecule has 0 unspecified atom stereocenters. The van der Waals surface area contributed by atoms with Gasteiger partial charge in [-0.25, -0.2) is 12.8 Å². The fraction of sp³-hybridized carbons (Fsp3) is 0.632. The minimum atomic E-state index is -3.60. The van der Waals surface area contributed by atoms with Gasteiger partial charge >= 0.3 is 0 Å². The van der Waals surface area contributed by atoms with Crippen LogP contribution in [-0.4, -0.2) is 45.0 Å². The van der Waals surface area contributed by atoms with Crippen molar-refractivity contribution in [3.8, 4) is 0 Å². The second-order valence-electron chi connectivity index (χ2n) is 8.03. The van der Waals surface area contributed by atoms with Crippen LogP contribution in [0.2, 0.25) is 0 Å². The van der Waals surface area contributed by atoms with Crippen molar-refractivity contribution in [2.45, 2.75) is 48.7 Å². The highest BCUT2D eigenvalue weighted by Crippen LogP contribution is 2.52. The van der Waals surface area contributed by atoms with Crippen molar-refractivity contribution in [1.29, 1.82) is 0 Å². The SMILES string of the molecule is CS(=O)(=O)C1(C(=O)N2CC3(CCCC3)c3c(F)cccc32)CCNCC1. The molecule has 1 aromatic rings. The number of hydrogen-bond acceptors (Lipinski definition) is 4. The molecule has 1 aromatic carbocycles. The first-order valence-corrected chi connectivity index (χ1v) is 11.2. The second-order valence-corrected chi connectivity index (χ2v) is 10.4. The number of benzene rings is 1. The fourth-order valence-corrected chi connectivity index (χ4v) is 6.56. The lowest BCUT2D eigenvalue weighted by Gasteiger charge is -2.38. The molecule has 1 spiro atoms. The van der Waals surface area contributed by atoms with Crippen molar-refractivity contribution in [2.24, 2.45) is 0 Å². The quantitative estimate of drug-likeness (QED) is 0.854. The summed E-state index contributed by atoms with van der Waals surface area (Å²) in [6.07, 6.45) is 5.39. The zero-order chi connectivity index (χ0) is 18.6. The molecule has 1 N–H and O–H groups in total. The molecule has 0 atom stereocenters. The molecule has 0 aromatic heterocycles. The summed E-state index contributed by atoms with van der Waals surface area (Å²) in [5.74, 6) is -0.657. The van der Waals surface area contributed by atoms with E-state index in [2.05, 4.69) is 5.32 Å². The van der Waals surface area contributed by atoms with E-state index in [1.807, 2.05) is 0 Å². The van der Waals surface area contributed by atoms with Crippen LogP contribution >= 0.6 is 0 Å². The lowest BCUT2D eigenvalue weighted by atomic mass is 9.80. The van der Waals surface area contributed by atoms with Gasteiger partial charge in [0.25, 0.3) is 0 Å². The van der Waals surface area contributed by atoms with Crippen LogP contribution in [0.3, 0.4) is 0 Å². The van der Waals surface area contributed by atoms with Crippen LogP contribution in [-0.2, 0) is 20.0 Å². The Morgan fingerprint density at radius 2 is 1.81 bits per heavy atom. The van der Waals surface area contributed by atoms with E-state index in [0.29, 0.717) is 30.9 Å². The molecular formula is C19H25FN2O3S. The van der Waals surface area contributed by atoms with Gasteiger partial charge in [0.2, 0.25) is 5.91 Å². The lowest BCUT2D eigenvalue weighted by molar-refractivity contribution is -0.121. The van der Waals surface area contributed by atoms with Gasteiger partial charge in [-0.3, -0.25) is 4.79 Å². The van der Waals surface area contributed by atoms with Gasteiger partial charge in [-0.05, 0) is 50.9 Å². The molecule has 2 heterocycles. The predicted octanol–water partition coefficient (Wildman–Crippen LogP) is 2.15. The van der Waals surface area contributed by atoms with Gasteiger partial charge in [0.05, 0.1) is 5.69 Å². The van der Waals surface area contributed by atoms with E-state index in [1.54, 1.807) is 17.0 Å². The molecule has 5 nitrogen and oxygen atoms in total. The van der Waals surface area contributed by atoms with Crippen LogP contribution in [0.1, 0.15) is 44.1 Å². The number of nitrogens with one attached hydrogen (secondary N) is 1. The molecule has 1 amide bonds. The molecule has 3 aliphatic rings. The summed E-state index contributed by atoms with van der Waals surface area (Å²) >= 11 is 0. The summed E-state index contributed by atoms with van der Waals surface area (Å²) in [7, 11) is -3.60. The number of carbonyl (C=O) groups excluding carboxylic acids is 1. The van der Waals surface area contributed by atoms with Crippen LogP contribution in [0.4, 0.5) is 10.1 Å². The molecular weight excluding hydrogens is 355 g/mol. The zero-order valence-corrected chi connectivity index (χ0v) is 15.9. The van der Waals surface area contributed by atoms with E-state index in [1.165, 1.54) is 6.07 Å². The highest BCUT2D eigenvalue weighted by Gasteiger charge is 2.55. The summed E-state index contributed by atoms with van der Waals surface area (Å²) in [6, 6.07) is 4.82. The highest BCUT2D eigenvalue weighted by molar-refractivity contribution is 7.92. The van der Waals surface area contributed by atoms with Crippen LogP contribution in [0, 0.1) is 5.82 Å². The maximum atomic E-state index is 14.7. The number of piperidine rings is 1. The van der Waals surface area contributed by atoms with Crippen molar-refractivity contribution in [1.82, 2.24) is 5.32 Å². The molecule has 142 valence electrons. The van der Waals surface area contributed by atoms with Gasteiger partial charge in [-0.1, -0.05) is 18.9 Å². The summed E-state index contributed by atoms with van der Waals surface area (Å²) in [6.45, 7) is 1.38. The summed E-state index contributed by atoms with van der Waals surface area (Å²) in [5.41, 5.74) is 0.823. The van der Waals surface area contributed by atoms with Gasteiger partial charge in [0.1, 0.15) is 5.82 Å². The maximum Gasteiger partial charge on any atom is 0.248 e. The Morgan fingerprint density at radius 1 is 1.15 bits per heavy atom. The van der Waals surface area contributed by atoms with Gasteiger partial charge < -0.3 is 10.2 Å². The van der Waals surface area contributed by atoms with Gasteiger partial charge in [0, 0.05) is 23.8 Å². The molecule has 7 heteroatoms. The van der Waals surface area contributed by atoms with Crippen molar-refractivity contribution in [3.63, 3.8) is 0 Å². The molecule has 1 saturated heterocycles. The maximum absolute atomic E-state index is 14.7. The number of sulfone groups is 1. The third kappa shape index (κ3) is 2.43. The third-order valence-corrected chi connectivity index (χ3v) is 8.59. The Morgan fingerprint density at radius 3 is 2.42 bits per heavy atom. The van der Waals surface area contributed by atoms with E-state index in [9.17, 15) is 17.6 Å². The highest BCUT2D eigenvalue weighted by atomic mass is 32.2. The van der Waals surface area contributed by atoms with Gasteiger partial charge in [0.15, 0.2) is 14.6 Å². The first kappa shape index (κ1) is 17.9. The largest absolute Gasteiger partial charge is 0.317 e. The standard InChI is InChI=1S/C19H25FN2O3S/c1-26(24,25)19(9-11-21-12-10-19)17(23)22-13-18(7-2-3-8-18)16-14(20)5-4-6-15(16)22/h4-6,21H,2-3,7-13H2,1H3. The Bertz CT molecular complexity index is 840. The van der Waals surface area contributed by atoms with Crippen molar-refractivity contribution in [2.75, 3.05) is 30.8 Å². The van der Waals surface area contributed by atoms with Crippen molar-refractivity contribution in [3.05, 3.63) is 29.6 Å². The lowest BCUT2D eigenvalue weighted by Crippen LogP contribution is -2.58. The number of anilines is 1. The molecule has 1 saturated carbocycles. The van der Waals surface area contributed by atoms with Crippen LogP contribution in [0.5, 0.6) is 0 Å². The molecule has 1 aliphatic carbocycles. The number of halogens is 1. The van der Waals surface area contributed by atoms with Crippen molar-refractivity contribution >= 4 is 21.4 Å².